The second-order valence-electron chi connectivity index (χ2n) is 5.96. The molecule has 0 radical (unpaired) electrons. The number of aliphatic imine (C=N–C) groups is 1. The Morgan fingerprint density at radius 2 is 2.19 bits per heavy atom. The van der Waals surface area contributed by atoms with Gasteiger partial charge >= 0.3 is 6.18 Å². The number of hydrogen-bond acceptors (Lipinski definition) is 7. The molecular weight excluding hydrogens is 399 g/mol. The lowest BCUT2D eigenvalue weighted by Gasteiger charge is -2.30. The van der Waals surface area contributed by atoms with E-state index in [2.05, 4.69) is 26.9 Å². The maximum absolute atomic E-state index is 12.6. The molecular formula is C16H14F3N5OS2. The summed E-state index contributed by atoms with van der Waals surface area (Å²) >= 11 is 1.92. The van der Waals surface area contributed by atoms with E-state index in [1.807, 2.05) is 6.92 Å². The van der Waals surface area contributed by atoms with Gasteiger partial charge < -0.3 is 11.1 Å². The van der Waals surface area contributed by atoms with Gasteiger partial charge in [0.25, 0.3) is 5.91 Å². The molecule has 3 rings (SSSR count). The normalized spacial score (nSPS) is 20.3. The highest BCUT2D eigenvalue weighted by atomic mass is 32.2. The number of rotatable bonds is 3. The minimum absolute atomic E-state index is 0.281. The number of alkyl halides is 3. The summed E-state index contributed by atoms with van der Waals surface area (Å²) in [6, 6.07) is 3.14. The third-order valence-corrected chi connectivity index (χ3v) is 5.28. The fraction of sp³-hybridized carbons (Fsp3) is 0.250. The SMILES string of the molecule is C=C1C[C@@](C)(c2cc(NC(=O)c3nc(C(F)(F)F)cs3)ccn2)N=C(N)S1. The van der Waals surface area contributed by atoms with Gasteiger partial charge in [0.15, 0.2) is 15.9 Å². The van der Waals surface area contributed by atoms with Gasteiger partial charge in [-0.2, -0.15) is 13.2 Å². The number of pyridine rings is 1. The monoisotopic (exact) mass is 413 g/mol. The van der Waals surface area contributed by atoms with Crippen LogP contribution in [0.15, 0.2) is 40.2 Å². The summed E-state index contributed by atoms with van der Waals surface area (Å²) in [4.78, 5) is 25.1. The van der Waals surface area contributed by atoms with Gasteiger partial charge in [-0.15, -0.1) is 11.3 Å². The molecule has 142 valence electrons. The summed E-state index contributed by atoms with van der Waals surface area (Å²) in [6.07, 6.45) is -2.59. The molecule has 0 bridgehead atoms. The van der Waals surface area contributed by atoms with Crippen molar-refractivity contribution in [1.29, 1.82) is 0 Å². The second-order valence-corrected chi connectivity index (χ2v) is 8.02. The number of nitrogens with two attached hydrogens (primary N) is 1. The quantitative estimate of drug-likeness (QED) is 0.794. The molecule has 2 aromatic heterocycles. The van der Waals surface area contributed by atoms with E-state index in [9.17, 15) is 18.0 Å². The van der Waals surface area contributed by atoms with Crippen LogP contribution in [0.25, 0.3) is 0 Å². The second kappa shape index (κ2) is 6.97. The Morgan fingerprint density at radius 3 is 2.81 bits per heavy atom. The zero-order valence-electron chi connectivity index (χ0n) is 14.0. The van der Waals surface area contributed by atoms with Gasteiger partial charge in [0.1, 0.15) is 5.54 Å². The Labute approximate surface area is 160 Å². The molecule has 3 heterocycles. The highest BCUT2D eigenvalue weighted by Crippen LogP contribution is 2.40. The maximum atomic E-state index is 12.6. The molecule has 0 saturated carbocycles. The first kappa shape index (κ1) is 19.4. The molecule has 0 aromatic carbocycles. The van der Waals surface area contributed by atoms with Crippen LogP contribution in [-0.4, -0.2) is 21.0 Å². The van der Waals surface area contributed by atoms with Crippen molar-refractivity contribution in [2.75, 3.05) is 5.32 Å². The lowest BCUT2D eigenvalue weighted by molar-refractivity contribution is -0.140. The Balaban J connectivity index is 1.82. The predicted octanol–water partition coefficient (Wildman–Crippen LogP) is 3.99. The topological polar surface area (TPSA) is 93.3 Å². The van der Waals surface area contributed by atoms with E-state index in [1.54, 1.807) is 6.07 Å². The van der Waals surface area contributed by atoms with Crippen LogP contribution in [0, 0.1) is 0 Å². The summed E-state index contributed by atoms with van der Waals surface area (Å²) in [6.45, 7) is 5.77. The van der Waals surface area contributed by atoms with Gasteiger partial charge in [-0.1, -0.05) is 18.3 Å². The van der Waals surface area contributed by atoms with Crippen molar-refractivity contribution in [3.8, 4) is 0 Å². The van der Waals surface area contributed by atoms with Crippen LogP contribution in [0.4, 0.5) is 18.9 Å². The molecule has 0 unspecified atom stereocenters. The summed E-state index contributed by atoms with van der Waals surface area (Å²) < 4.78 is 37.9. The standard InChI is InChI=1S/C16H14F3N5OS2/c1-8-6-15(2,24-14(20)27-8)10-5-9(3-4-21-10)22-12(25)13-23-11(7-26-13)16(17,18)19/h3-5,7H,1,6H2,2H3,(H2,20,24)(H,21,22,25)/t15-/m0/s1. The van der Waals surface area contributed by atoms with Crippen LogP contribution in [0.1, 0.15) is 34.5 Å². The van der Waals surface area contributed by atoms with Gasteiger partial charge in [0.05, 0.1) is 5.69 Å². The van der Waals surface area contributed by atoms with Gasteiger partial charge in [-0.05, 0) is 24.0 Å². The zero-order chi connectivity index (χ0) is 19.8. The zero-order valence-corrected chi connectivity index (χ0v) is 15.6. The molecule has 1 aliphatic rings. The van der Waals surface area contributed by atoms with Crippen molar-refractivity contribution in [2.45, 2.75) is 25.1 Å². The number of anilines is 1. The Bertz CT molecular complexity index is 940. The molecule has 6 nitrogen and oxygen atoms in total. The molecule has 0 saturated heterocycles. The number of aromatic nitrogens is 2. The van der Waals surface area contributed by atoms with Crippen LogP contribution >= 0.6 is 23.1 Å². The number of thioether (sulfide) groups is 1. The van der Waals surface area contributed by atoms with E-state index in [0.717, 1.165) is 10.3 Å². The number of thiazole rings is 1. The van der Waals surface area contributed by atoms with E-state index in [4.69, 9.17) is 5.73 Å². The fourth-order valence-electron chi connectivity index (χ4n) is 2.52. The smallest absolute Gasteiger partial charge is 0.378 e. The fourth-order valence-corrected chi connectivity index (χ4v) is 4.13. The number of carbonyl (C=O) groups is 1. The first-order valence-electron chi connectivity index (χ1n) is 7.58. The molecule has 0 fully saturated rings. The molecule has 0 aliphatic carbocycles. The number of hydrogen-bond donors (Lipinski definition) is 2. The van der Waals surface area contributed by atoms with Gasteiger partial charge in [-0.3, -0.25) is 9.78 Å². The molecule has 3 N–H and O–H groups in total. The number of nitrogens with one attached hydrogen (secondary N) is 1. The van der Waals surface area contributed by atoms with Crippen molar-refractivity contribution in [2.24, 2.45) is 10.7 Å². The molecule has 27 heavy (non-hydrogen) atoms. The minimum Gasteiger partial charge on any atom is -0.378 e. The van der Waals surface area contributed by atoms with E-state index >= 15 is 0 Å². The molecule has 1 atom stereocenters. The summed E-state index contributed by atoms with van der Waals surface area (Å²) in [5.41, 5.74) is 4.92. The Kier molecular flexibility index (Phi) is 5.00. The summed E-state index contributed by atoms with van der Waals surface area (Å²) in [5.74, 6) is -0.732. The number of nitrogens with zero attached hydrogens (tertiary/aromatic N) is 3. The van der Waals surface area contributed by atoms with E-state index in [-0.39, 0.29) is 5.01 Å². The predicted molar refractivity (Wildman–Crippen MR) is 99.6 cm³/mol. The minimum atomic E-state index is -4.59. The molecule has 1 amide bonds. The van der Waals surface area contributed by atoms with Crippen LogP contribution in [-0.2, 0) is 11.7 Å². The molecule has 2 aromatic rings. The third-order valence-electron chi connectivity index (χ3n) is 3.71. The number of carbonyl (C=O) groups excluding carboxylic acids is 1. The average Bonchev–Trinajstić information content (AvgIpc) is 3.04. The van der Waals surface area contributed by atoms with Crippen LogP contribution in [0.2, 0.25) is 0 Å². The highest BCUT2D eigenvalue weighted by molar-refractivity contribution is 8.17. The number of amidine groups is 1. The van der Waals surface area contributed by atoms with Crippen molar-refractivity contribution in [1.82, 2.24) is 9.97 Å². The Hall–Kier alpha value is -2.40. The third kappa shape index (κ3) is 4.30. The number of halogens is 3. The maximum Gasteiger partial charge on any atom is 0.434 e. The van der Waals surface area contributed by atoms with Crippen molar-refractivity contribution in [3.63, 3.8) is 0 Å². The lowest BCUT2D eigenvalue weighted by Crippen LogP contribution is -2.28. The van der Waals surface area contributed by atoms with Gasteiger partial charge in [0.2, 0.25) is 0 Å². The largest absolute Gasteiger partial charge is 0.434 e. The van der Waals surface area contributed by atoms with Crippen molar-refractivity contribution < 1.29 is 18.0 Å². The average molecular weight is 413 g/mol. The van der Waals surface area contributed by atoms with Crippen LogP contribution in [0.3, 0.4) is 0 Å². The summed E-state index contributed by atoms with van der Waals surface area (Å²) in [5, 5.41) is 3.43. The van der Waals surface area contributed by atoms with Gasteiger partial charge in [0, 0.05) is 23.7 Å². The molecule has 1 aliphatic heterocycles. The van der Waals surface area contributed by atoms with Crippen LogP contribution < -0.4 is 11.1 Å². The van der Waals surface area contributed by atoms with E-state index < -0.39 is 23.3 Å². The molecule has 0 spiro atoms. The van der Waals surface area contributed by atoms with Crippen molar-refractivity contribution >= 4 is 39.9 Å². The highest BCUT2D eigenvalue weighted by Gasteiger charge is 2.35. The van der Waals surface area contributed by atoms with Crippen molar-refractivity contribution in [3.05, 3.63) is 51.6 Å². The summed E-state index contributed by atoms with van der Waals surface area (Å²) in [7, 11) is 0. The van der Waals surface area contributed by atoms with E-state index in [1.165, 1.54) is 24.0 Å². The molecule has 11 heteroatoms. The number of amides is 1. The first-order valence-corrected chi connectivity index (χ1v) is 9.28. The van der Waals surface area contributed by atoms with E-state index in [0.29, 0.717) is 34.3 Å². The first-order chi connectivity index (χ1) is 12.6. The van der Waals surface area contributed by atoms with Gasteiger partial charge in [-0.25, -0.2) is 9.98 Å². The van der Waals surface area contributed by atoms with Crippen LogP contribution in [0.5, 0.6) is 0 Å². The lowest BCUT2D eigenvalue weighted by atomic mass is 9.93. The Morgan fingerprint density at radius 1 is 1.44 bits per heavy atom.